The molecular formula is C31H33ClN2O5. The van der Waals surface area contributed by atoms with Crippen molar-refractivity contribution in [3.63, 3.8) is 0 Å². The second kappa shape index (κ2) is 13.4. The van der Waals surface area contributed by atoms with E-state index in [1.54, 1.807) is 24.3 Å². The first-order valence-corrected chi connectivity index (χ1v) is 13.4. The molecule has 1 unspecified atom stereocenters. The Labute approximate surface area is 233 Å². The van der Waals surface area contributed by atoms with E-state index in [4.69, 9.17) is 16.3 Å². The zero-order valence-corrected chi connectivity index (χ0v) is 22.6. The molecule has 1 aliphatic rings. The number of carbonyl (C=O) groups excluding carboxylic acids is 2. The number of aryl methyl sites for hydroxylation is 1. The topological polar surface area (TPSA) is 99.1 Å². The Kier molecular flexibility index (Phi) is 9.76. The van der Waals surface area contributed by atoms with Gasteiger partial charge in [-0.1, -0.05) is 59.6 Å². The lowest BCUT2D eigenvalue weighted by Crippen LogP contribution is -2.45. The van der Waals surface area contributed by atoms with Crippen molar-refractivity contribution in [2.24, 2.45) is 0 Å². The molecule has 4 rings (SSSR count). The average Bonchev–Trinajstić information content (AvgIpc) is 3.17. The number of rotatable bonds is 10. The fourth-order valence-electron chi connectivity index (χ4n) is 4.46. The van der Waals surface area contributed by atoms with Crippen LogP contribution in [0.1, 0.15) is 30.4 Å². The molecule has 0 saturated heterocycles. The molecule has 0 aromatic heterocycles. The van der Waals surface area contributed by atoms with Crippen molar-refractivity contribution in [2.75, 3.05) is 18.0 Å². The number of hydrogen-bond acceptors (Lipinski definition) is 6. The molecule has 1 heterocycles. The summed E-state index contributed by atoms with van der Waals surface area (Å²) >= 11 is 6.33. The number of nitrogens with one attached hydrogen (secondary N) is 1. The van der Waals surface area contributed by atoms with Crippen LogP contribution in [-0.4, -0.2) is 47.2 Å². The Hall–Kier alpha value is -3.65. The minimum atomic E-state index is -1.85. The second-order valence-electron chi connectivity index (χ2n) is 9.65. The van der Waals surface area contributed by atoms with Gasteiger partial charge in [-0.25, -0.2) is 0 Å². The smallest absolute Gasteiger partial charge is 0.252 e. The van der Waals surface area contributed by atoms with Gasteiger partial charge >= 0.3 is 0 Å². The number of Topliss-reactive ketones (excluding diaryl/α,β-unsaturated/α-hetero) is 1. The lowest BCUT2D eigenvalue weighted by molar-refractivity contribution is -0.144. The Morgan fingerprint density at radius 3 is 2.49 bits per heavy atom. The molecule has 7 nitrogen and oxygen atoms in total. The molecule has 2 atom stereocenters. The van der Waals surface area contributed by atoms with Crippen LogP contribution < -0.4 is 15.0 Å². The number of carbonyl (C=O) groups is 2. The van der Waals surface area contributed by atoms with Gasteiger partial charge in [-0.05, 0) is 67.3 Å². The maximum atomic E-state index is 12.7. The van der Waals surface area contributed by atoms with Gasteiger partial charge in [0.25, 0.3) is 5.91 Å². The van der Waals surface area contributed by atoms with E-state index in [2.05, 4.69) is 10.2 Å². The van der Waals surface area contributed by atoms with Gasteiger partial charge in [0.05, 0.1) is 10.7 Å². The monoisotopic (exact) mass is 548 g/mol. The molecule has 0 radical (unpaired) electrons. The molecule has 0 aliphatic carbocycles. The number of para-hydroxylation sites is 1. The van der Waals surface area contributed by atoms with Gasteiger partial charge < -0.3 is 25.2 Å². The highest BCUT2D eigenvalue weighted by Gasteiger charge is 2.30. The molecule has 0 bridgehead atoms. The summed E-state index contributed by atoms with van der Waals surface area (Å²) in [6, 6.07) is 22.5. The molecular weight excluding hydrogens is 516 g/mol. The number of anilines is 1. The van der Waals surface area contributed by atoms with E-state index in [9.17, 15) is 19.8 Å². The molecule has 204 valence electrons. The Balaban J connectivity index is 1.23. The number of ether oxygens (including phenoxy) is 1. The van der Waals surface area contributed by atoms with Gasteiger partial charge in [0.1, 0.15) is 17.6 Å². The van der Waals surface area contributed by atoms with Crippen LogP contribution in [0.15, 0.2) is 84.4 Å². The maximum Gasteiger partial charge on any atom is 0.252 e. The summed E-state index contributed by atoms with van der Waals surface area (Å²) in [6.07, 6.45) is -0.353. The molecule has 8 heteroatoms. The molecule has 0 saturated carbocycles. The molecule has 1 amide bonds. The van der Waals surface area contributed by atoms with Crippen molar-refractivity contribution >= 4 is 29.0 Å². The van der Waals surface area contributed by atoms with Crippen LogP contribution in [0.3, 0.4) is 0 Å². The molecule has 3 aromatic rings. The number of ketones is 1. The largest absolute Gasteiger partial charge is 0.457 e. The SMILES string of the molecule is Cc1cccc(Oc2ccc(CNC(=O)[C@H](O)C(O)C(=O)CC3=CCCN(c4ccccc4Cl)CC3)cc2)c1. The van der Waals surface area contributed by atoms with Gasteiger partial charge in [-0.2, -0.15) is 0 Å². The fraction of sp³-hybridized carbons (Fsp3) is 0.290. The molecule has 1 aliphatic heterocycles. The summed E-state index contributed by atoms with van der Waals surface area (Å²) in [5.74, 6) is -0.0154. The van der Waals surface area contributed by atoms with Crippen molar-refractivity contribution in [3.05, 3.63) is 101 Å². The highest BCUT2D eigenvalue weighted by atomic mass is 35.5. The van der Waals surface area contributed by atoms with Crippen LogP contribution in [0.4, 0.5) is 5.69 Å². The number of aliphatic hydroxyl groups excluding tert-OH is 2. The first-order valence-electron chi connectivity index (χ1n) is 13.0. The third-order valence-electron chi connectivity index (χ3n) is 6.64. The standard InChI is InChI=1S/C31H33ClN2O5/c1-21-6-4-8-25(18-21)39-24-13-11-23(12-14-24)20-33-31(38)30(37)29(36)28(35)19-22-7-5-16-34(17-15-22)27-10-3-2-9-26(27)32/h2-4,6-14,18,29-30,36-37H,5,15-17,19-20H2,1H3,(H,33,38)/t29?,30-/m1/s1. The predicted molar refractivity (Wildman–Crippen MR) is 152 cm³/mol. The summed E-state index contributed by atoms with van der Waals surface area (Å²) in [5.41, 5.74) is 3.69. The lowest BCUT2D eigenvalue weighted by atomic mass is 9.99. The van der Waals surface area contributed by atoms with Crippen molar-refractivity contribution in [1.29, 1.82) is 0 Å². The van der Waals surface area contributed by atoms with Crippen LogP contribution in [0.2, 0.25) is 5.02 Å². The van der Waals surface area contributed by atoms with E-state index in [0.717, 1.165) is 41.1 Å². The normalized spacial score (nSPS) is 15.1. The number of amides is 1. The first kappa shape index (κ1) is 28.4. The first-order chi connectivity index (χ1) is 18.8. The fourth-order valence-corrected chi connectivity index (χ4v) is 4.71. The molecule has 39 heavy (non-hydrogen) atoms. The van der Waals surface area contributed by atoms with Gasteiger partial charge in [0.15, 0.2) is 11.9 Å². The maximum absolute atomic E-state index is 12.7. The zero-order chi connectivity index (χ0) is 27.8. The van der Waals surface area contributed by atoms with E-state index >= 15 is 0 Å². The van der Waals surface area contributed by atoms with E-state index in [1.807, 2.05) is 61.5 Å². The number of nitrogens with zero attached hydrogens (tertiary/aromatic N) is 1. The molecule has 0 spiro atoms. The number of hydrogen-bond donors (Lipinski definition) is 3. The number of benzene rings is 3. The van der Waals surface area contributed by atoms with Gasteiger partial charge in [-0.15, -0.1) is 0 Å². The van der Waals surface area contributed by atoms with Crippen LogP contribution in [0, 0.1) is 6.92 Å². The minimum absolute atomic E-state index is 0.0235. The van der Waals surface area contributed by atoms with Crippen LogP contribution >= 0.6 is 11.6 Å². The van der Waals surface area contributed by atoms with Gasteiger partial charge in [0.2, 0.25) is 0 Å². The summed E-state index contributed by atoms with van der Waals surface area (Å²) < 4.78 is 5.83. The van der Waals surface area contributed by atoms with Crippen molar-refractivity contribution < 1.29 is 24.5 Å². The van der Waals surface area contributed by atoms with Crippen LogP contribution in [0.25, 0.3) is 0 Å². The highest BCUT2D eigenvalue weighted by Crippen LogP contribution is 2.28. The van der Waals surface area contributed by atoms with E-state index in [1.165, 1.54) is 0 Å². The second-order valence-corrected chi connectivity index (χ2v) is 10.1. The Morgan fingerprint density at radius 1 is 0.974 bits per heavy atom. The quantitative estimate of drug-likeness (QED) is 0.310. The third kappa shape index (κ3) is 7.93. The Morgan fingerprint density at radius 2 is 1.74 bits per heavy atom. The minimum Gasteiger partial charge on any atom is -0.457 e. The molecule has 3 N–H and O–H groups in total. The van der Waals surface area contributed by atoms with E-state index in [-0.39, 0.29) is 13.0 Å². The van der Waals surface area contributed by atoms with Crippen LogP contribution in [-0.2, 0) is 16.1 Å². The number of halogens is 1. The predicted octanol–water partition coefficient (Wildman–Crippen LogP) is 4.96. The highest BCUT2D eigenvalue weighted by molar-refractivity contribution is 6.33. The third-order valence-corrected chi connectivity index (χ3v) is 6.96. The summed E-state index contributed by atoms with van der Waals surface area (Å²) in [4.78, 5) is 27.3. The van der Waals surface area contributed by atoms with Crippen molar-refractivity contribution in [1.82, 2.24) is 5.32 Å². The van der Waals surface area contributed by atoms with Crippen LogP contribution in [0.5, 0.6) is 11.5 Å². The summed E-state index contributed by atoms with van der Waals surface area (Å²) in [6.45, 7) is 3.55. The zero-order valence-electron chi connectivity index (χ0n) is 21.8. The van der Waals surface area contributed by atoms with Crippen molar-refractivity contribution in [2.45, 2.75) is 44.9 Å². The van der Waals surface area contributed by atoms with E-state index in [0.29, 0.717) is 23.7 Å². The Bertz CT molecular complexity index is 1320. The number of aliphatic hydroxyl groups is 2. The average molecular weight is 549 g/mol. The van der Waals surface area contributed by atoms with Gasteiger partial charge in [-0.3, -0.25) is 9.59 Å². The lowest BCUT2D eigenvalue weighted by Gasteiger charge is -2.24. The molecule has 0 fully saturated rings. The van der Waals surface area contributed by atoms with E-state index < -0.39 is 23.9 Å². The summed E-state index contributed by atoms with van der Waals surface area (Å²) in [7, 11) is 0. The van der Waals surface area contributed by atoms with Crippen molar-refractivity contribution in [3.8, 4) is 11.5 Å². The van der Waals surface area contributed by atoms with Gasteiger partial charge in [0, 0.05) is 26.1 Å². The molecule has 3 aromatic carbocycles. The summed E-state index contributed by atoms with van der Waals surface area (Å²) in [5, 5.41) is 24.0.